The third-order valence-electron chi connectivity index (χ3n) is 3.15. The lowest BCUT2D eigenvalue weighted by atomic mass is 10.1. The highest BCUT2D eigenvalue weighted by Gasteiger charge is 2.48. The van der Waals surface area contributed by atoms with Crippen LogP contribution in [-0.4, -0.2) is 59.5 Å². The van der Waals surface area contributed by atoms with Gasteiger partial charge in [-0.2, -0.15) is 5.26 Å². The van der Waals surface area contributed by atoms with Gasteiger partial charge in [0.25, 0.3) is 5.92 Å². The van der Waals surface area contributed by atoms with Gasteiger partial charge in [0.2, 0.25) is 5.91 Å². The van der Waals surface area contributed by atoms with E-state index < -0.39 is 42.5 Å². The quantitative estimate of drug-likeness (QED) is 0.798. The molecule has 1 heterocycles. The van der Waals surface area contributed by atoms with Gasteiger partial charge >= 0.3 is 6.09 Å². The number of nitriles is 1. The van der Waals surface area contributed by atoms with E-state index in [0.29, 0.717) is 0 Å². The SMILES string of the molecule is CN(C[C@@H]1CC(F)(F)CN1C(=O)OC(C)(C)C)C(=O)CC#N. The number of nitrogens with zero attached hydrogens (tertiary/aromatic N) is 3. The van der Waals surface area contributed by atoms with Crippen LogP contribution in [0.25, 0.3) is 0 Å². The van der Waals surface area contributed by atoms with Gasteiger partial charge in [0, 0.05) is 20.0 Å². The van der Waals surface area contributed by atoms with E-state index in [1.54, 1.807) is 26.8 Å². The minimum atomic E-state index is -3.01. The highest BCUT2D eigenvalue weighted by Crippen LogP contribution is 2.33. The molecule has 0 radical (unpaired) electrons. The van der Waals surface area contributed by atoms with Crippen LogP contribution in [0.3, 0.4) is 0 Å². The molecule has 8 heteroatoms. The zero-order chi connectivity index (χ0) is 17.1. The third-order valence-corrected chi connectivity index (χ3v) is 3.15. The highest BCUT2D eigenvalue weighted by atomic mass is 19.3. The number of carbonyl (C=O) groups excluding carboxylic acids is 2. The molecule has 0 aromatic heterocycles. The van der Waals surface area contributed by atoms with E-state index >= 15 is 0 Å². The number of rotatable bonds is 3. The third kappa shape index (κ3) is 5.13. The second kappa shape index (κ2) is 6.46. The van der Waals surface area contributed by atoms with Crippen LogP contribution in [0.4, 0.5) is 13.6 Å². The molecule has 0 spiro atoms. The van der Waals surface area contributed by atoms with Gasteiger partial charge in [-0.3, -0.25) is 9.69 Å². The lowest BCUT2D eigenvalue weighted by Gasteiger charge is -2.30. The smallest absolute Gasteiger partial charge is 0.410 e. The first-order valence-electron chi connectivity index (χ1n) is 6.93. The predicted molar refractivity (Wildman–Crippen MR) is 74.2 cm³/mol. The van der Waals surface area contributed by atoms with E-state index in [-0.39, 0.29) is 13.0 Å². The Morgan fingerprint density at radius 1 is 1.45 bits per heavy atom. The van der Waals surface area contributed by atoms with Gasteiger partial charge in [-0.1, -0.05) is 0 Å². The van der Waals surface area contributed by atoms with Gasteiger partial charge in [0.1, 0.15) is 12.0 Å². The highest BCUT2D eigenvalue weighted by molar-refractivity contribution is 5.78. The molecule has 124 valence electrons. The van der Waals surface area contributed by atoms with Crippen LogP contribution in [0.5, 0.6) is 0 Å². The van der Waals surface area contributed by atoms with Crippen molar-refractivity contribution >= 4 is 12.0 Å². The van der Waals surface area contributed by atoms with E-state index in [1.807, 2.05) is 0 Å². The van der Waals surface area contributed by atoms with Crippen LogP contribution in [0.1, 0.15) is 33.6 Å². The summed E-state index contributed by atoms with van der Waals surface area (Å²) in [6, 6.07) is 0.874. The lowest BCUT2D eigenvalue weighted by Crippen LogP contribution is -2.45. The summed E-state index contributed by atoms with van der Waals surface area (Å²) >= 11 is 0. The van der Waals surface area contributed by atoms with E-state index in [1.165, 1.54) is 11.9 Å². The molecule has 22 heavy (non-hydrogen) atoms. The molecule has 0 bridgehead atoms. The predicted octanol–water partition coefficient (Wildman–Crippen LogP) is 2.00. The molecule has 0 aromatic rings. The molecule has 0 N–H and O–H groups in total. The van der Waals surface area contributed by atoms with E-state index in [4.69, 9.17) is 10.00 Å². The van der Waals surface area contributed by atoms with Gasteiger partial charge in [-0.05, 0) is 20.8 Å². The van der Waals surface area contributed by atoms with E-state index in [2.05, 4.69) is 0 Å². The lowest BCUT2D eigenvalue weighted by molar-refractivity contribution is -0.129. The maximum Gasteiger partial charge on any atom is 0.410 e. The van der Waals surface area contributed by atoms with Crippen molar-refractivity contribution in [2.75, 3.05) is 20.1 Å². The molecule has 0 aliphatic carbocycles. The van der Waals surface area contributed by atoms with Crippen LogP contribution < -0.4 is 0 Å². The van der Waals surface area contributed by atoms with Gasteiger partial charge in [-0.15, -0.1) is 0 Å². The number of likely N-dealkylation sites (N-methyl/N-ethyl adjacent to an activating group) is 1. The summed E-state index contributed by atoms with van der Waals surface area (Å²) in [5.41, 5.74) is -0.790. The second-order valence-corrected chi connectivity index (χ2v) is 6.43. The molecule has 1 atom stereocenters. The van der Waals surface area contributed by atoms with Crippen LogP contribution in [0.2, 0.25) is 0 Å². The molecule has 1 aliphatic heterocycles. The average molecular weight is 317 g/mol. The normalized spacial score (nSPS) is 20.4. The van der Waals surface area contributed by atoms with Gasteiger partial charge in [0.05, 0.1) is 18.7 Å². The number of alkyl halides is 2. The van der Waals surface area contributed by atoms with Crippen LogP contribution in [0.15, 0.2) is 0 Å². The van der Waals surface area contributed by atoms with Gasteiger partial charge in [0.15, 0.2) is 0 Å². The summed E-state index contributed by atoms with van der Waals surface area (Å²) in [5, 5.41) is 8.50. The first-order valence-corrected chi connectivity index (χ1v) is 6.93. The zero-order valence-electron chi connectivity index (χ0n) is 13.2. The molecular weight excluding hydrogens is 296 g/mol. The first-order chi connectivity index (χ1) is 9.95. The Morgan fingerprint density at radius 3 is 2.55 bits per heavy atom. The first kappa shape index (κ1) is 18.1. The fourth-order valence-corrected chi connectivity index (χ4v) is 2.22. The van der Waals surface area contributed by atoms with Crippen molar-refractivity contribution < 1.29 is 23.1 Å². The maximum atomic E-state index is 13.6. The summed E-state index contributed by atoms with van der Waals surface area (Å²) < 4.78 is 32.4. The second-order valence-electron chi connectivity index (χ2n) is 6.43. The molecule has 1 saturated heterocycles. The topological polar surface area (TPSA) is 73.6 Å². The maximum absolute atomic E-state index is 13.6. The Labute approximate surface area is 128 Å². The van der Waals surface area contributed by atoms with Crippen LogP contribution >= 0.6 is 0 Å². The number of hydrogen-bond donors (Lipinski definition) is 0. The largest absolute Gasteiger partial charge is 0.444 e. The number of amides is 2. The molecule has 1 rings (SSSR count). The average Bonchev–Trinajstić information content (AvgIpc) is 2.62. The zero-order valence-corrected chi connectivity index (χ0v) is 13.2. The van der Waals surface area contributed by atoms with Crippen LogP contribution in [0, 0.1) is 11.3 Å². The Kier molecular flexibility index (Phi) is 5.33. The molecule has 0 aromatic carbocycles. The summed E-state index contributed by atoms with van der Waals surface area (Å²) in [4.78, 5) is 25.8. The minimum Gasteiger partial charge on any atom is -0.444 e. The molecule has 0 unspecified atom stereocenters. The molecule has 0 saturated carbocycles. The van der Waals surface area contributed by atoms with Gasteiger partial charge < -0.3 is 9.64 Å². The van der Waals surface area contributed by atoms with Crippen molar-refractivity contribution in [2.45, 2.75) is 51.2 Å². The van der Waals surface area contributed by atoms with Gasteiger partial charge in [-0.25, -0.2) is 13.6 Å². The summed E-state index contributed by atoms with van der Waals surface area (Å²) in [6.07, 6.45) is -1.68. The molecule has 2 amide bonds. The molecular formula is C14H21F2N3O3. The summed E-state index contributed by atoms with van der Waals surface area (Å²) in [5.74, 6) is -3.48. The van der Waals surface area contributed by atoms with Crippen molar-refractivity contribution in [2.24, 2.45) is 0 Å². The Morgan fingerprint density at radius 2 is 2.05 bits per heavy atom. The van der Waals surface area contributed by atoms with E-state index in [9.17, 15) is 18.4 Å². The molecule has 6 nitrogen and oxygen atoms in total. The van der Waals surface area contributed by atoms with E-state index in [0.717, 1.165) is 4.90 Å². The standard InChI is InChI=1S/C14H21F2N3O3/c1-13(2,3)22-12(21)19-9-14(15,16)7-10(19)8-18(4)11(20)5-6-17/h10H,5,7-9H2,1-4H3/t10-/m0/s1. The molecule has 1 fully saturated rings. The minimum absolute atomic E-state index is 0.0602. The van der Waals surface area contributed by atoms with Crippen molar-refractivity contribution in [3.05, 3.63) is 0 Å². The number of likely N-dealkylation sites (tertiary alicyclic amines) is 1. The number of hydrogen-bond acceptors (Lipinski definition) is 4. The summed E-state index contributed by atoms with van der Waals surface area (Å²) in [7, 11) is 1.42. The Hall–Kier alpha value is -1.91. The number of halogens is 2. The van der Waals surface area contributed by atoms with Crippen molar-refractivity contribution in [3.8, 4) is 6.07 Å². The monoisotopic (exact) mass is 317 g/mol. The van der Waals surface area contributed by atoms with Crippen LogP contribution in [-0.2, 0) is 9.53 Å². The summed E-state index contributed by atoms with van der Waals surface area (Å²) in [6.45, 7) is 4.16. The van der Waals surface area contributed by atoms with Crippen molar-refractivity contribution in [3.63, 3.8) is 0 Å². The Balaban J connectivity index is 2.79. The number of carbonyl (C=O) groups is 2. The Bertz CT molecular complexity index is 483. The molecule has 1 aliphatic rings. The van der Waals surface area contributed by atoms with Crippen molar-refractivity contribution in [1.82, 2.24) is 9.80 Å². The number of ether oxygens (including phenoxy) is 1. The fraction of sp³-hybridized carbons (Fsp3) is 0.786. The van der Waals surface area contributed by atoms with Crippen molar-refractivity contribution in [1.29, 1.82) is 5.26 Å². The fourth-order valence-electron chi connectivity index (χ4n) is 2.22.